The minimum atomic E-state index is -0.376. The summed E-state index contributed by atoms with van der Waals surface area (Å²) in [6.45, 7) is 6.95. The summed E-state index contributed by atoms with van der Waals surface area (Å²) in [5, 5.41) is 6.18. The maximum absolute atomic E-state index is 12.5. The molecule has 0 bridgehead atoms. The Morgan fingerprint density at radius 3 is 2.58 bits per heavy atom. The Hall–Kier alpha value is -1.10. The van der Waals surface area contributed by atoms with E-state index in [2.05, 4.69) is 10.6 Å². The number of rotatable bonds is 3. The molecule has 2 aliphatic rings. The van der Waals surface area contributed by atoms with E-state index in [9.17, 15) is 9.59 Å². The summed E-state index contributed by atoms with van der Waals surface area (Å²) in [5.74, 6) is 0.424. The van der Waals surface area contributed by atoms with Crippen molar-refractivity contribution < 1.29 is 9.59 Å². The van der Waals surface area contributed by atoms with Crippen LogP contribution in [-0.4, -0.2) is 48.4 Å². The zero-order valence-electron chi connectivity index (χ0n) is 12.0. The molecule has 108 valence electrons. The number of piperidine rings is 1. The van der Waals surface area contributed by atoms with Crippen LogP contribution in [0.1, 0.15) is 39.5 Å². The normalized spacial score (nSPS) is 28.4. The molecule has 0 spiro atoms. The number of carbonyl (C=O) groups excluding carboxylic acids is 2. The lowest BCUT2D eigenvalue weighted by Crippen LogP contribution is -2.55. The largest absolute Gasteiger partial charge is 0.356 e. The minimum Gasteiger partial charge on any atom is -0.356 e. The van der Waals surface area contributed by atoms with Crippen LogP contribution in [-0.2, 0) is 9.59 Å². The van der Waals surface area contributed by atoms with E-state index in [1.165, 1.54) is 0 Å². The van der Waals surface area contributed by atoms with Crippen molar-refractivity contribution in [3.8, 4) is 0 Å². The van der Waals surface area contributed by atoms with Crippen molar-refractivity contribution in [3.63, 3.8) is 0 Å². The van der Waals surface area contributed by atoms with Gasteiger partial charge in [-0.1, -0.05) is 0 Å². The minimum absolute atomic E-state index is 0.0772. The maximum atomic E-state index is 12.5. The lowest BCUT2D eigenvalue weighted by molar-refractivity contribution is -0.140. The van der Waals surface area contributed by atoms with Gasteiger partial charge in [0.1, 0.15) is 0 Å². The van der Waals surface area contributed by atoms with Gasteiger partial charge in [-0.25, -0.2) is 0 Å². The van der Waals surface area contributed by atoms with Crippen LogP contribution in [0.2, 0.25) is 0 Å². The van der Waals surface area contributed by atoms with Crippen molar-refractivity contribution >= 4 is 11.8 Å². The second-order valence-corrected chi connectivity index (χ2v) is 5.82. The third-order valence-corrected chi connectivity index (χ3v) is 4.34. The van der Waals surface area contributed by atoms with Gasteiger partial charge in [0.15, 0.2) is 0 Å². The third kappa shape index (κ3) is 3.08. The van der Waals surface area contributed by atoms with E-state index in [1.54, 1.807) is 0 Å². The zero-order chi connectivity index (χ0) is 13.9. The van der Waals surface area contributed by atoms with Gasteiger partial charge >= 0.3 is 0 Å². The summed E-state index contributed by atoms with van der Waals surface area (Å²) in [6.07, 6.45) is 3.56. The van der Waals surface area contributed by atoms with Crippen LogP contribution in [0, 0.1) is 5.92 Å². The lowest BCUT2D eigenvalue weighted by Gasteiger charge is -2.36. The van der Waals surface area contributed by atoms with Crippen LogP contribution in [0.5, 0.6) is 0 Å². The number of nitrogens with zero attached hydrogens (tertiary/aromatic N) is 1. The molecule has 2 rings (SSSR count). The smallest absolute Gasteiger partial charge is 0.242 e. The van der Waals surface area contributed by atoms with Gasteiger partial charge in [0.25, 0.3) is 0 Å². The Kier molecular flexibility index (Phi) is 4.45. The molecule has 2 fully saturated rings. The second kappa shape index (κ2) is 5.90. The summed E-state index contributed by atoms with van der Waals surface area (Å²) in [7, 11) is 0. The Labute approximate surface area is 115 Å². The molecule has 5 heteroatoms. The highest BCUT2D eigenvalue weighted by molar-refractivity contribution is 5.86. The van der Waals surface area contributed by atoms with Crippen molar-refractivity contribution in [3.05, 3.63) is 0 Å². The Balaban J connectivity index is 1.86. The molecule has 2 heterocycles. The van der Waals surface area contributed by atoms with Crippen LogP contribution >= 0.6 is 0 Å². The summed E-state index contributed by atoms with van der Waals surface area (Å²) < 4.78 is 0. The molecule has 0 aromatic carbocycles. The van der Waals surface area contributed by atoms with Gasteiger partial charge in [0, 0.05) is 25.6 Å². The predicted molar refractivity (Wildman–Crippen MR) is 73.6 cm³/mol. The average molecular weight is 267 g/mol. The molecule has 0 aromatic rings. The first-order chi connectivity index (χ1) is 9.07. The SMILES string of the molecule is CCNC(=O)C1CCN(C(=O)C2(C)CCCN2)CC1. The number of carbonyl (C=O) groups is 2. The summed E-state index contributed by atoms with van der Waals surface area (Å²) in [6, 6.07) is 0. The second-order valence-electron chi connectivity index (χ2n) is 5.82. The molecule has 1 unspecified atom stereocenters. The van der Waals surface area contributed by atoms with Gasteiger partial charge in [-0.15, -0.1) is 0 Å². The number of nitrogens with one attached hydrogen (secondary N) is 2. The highest BCUT2D eigenvalue weighted by atomic mass is 16.2. The molecule has 0 aromatic heterocycles. The van der Waals surface area contributed by atoms with Crippen molar-refractivity contribution in [2.45, 2.75) is 45.1 Å². The number of hydrogen-bond donors (Lipinski definition) is 2. The first-order valence-corrected chi connectivity index (χ1v) is 7.39. The van der Waals surface area contributed by atoms with Crippen LogP contribution in [0.3, 0.4) is 0 Å². The fourth-order valence-electron chi connectivity index (χ4n) is 3.09. The summed E-state index contributed by atoms with van der Waals surface area (Å²) in [4.78, 5) is 26.2. The van der Waals surface area contributed by atoms with Crippen LogP contribution in [0.25, 0.3) is 0 Å². The van der Waals surface area contributed by atoms with E-state index in [4.69, 9.17) is 0 Å². The van der Waals surface area contributed by atoms with E-state index in [0.717, 1.165) is 32.2 Å². The topological polar surface area (TPSA) is 61.4 Å². The lowest BCUT2D eigenvalue weighted by atomic mass is 9.92. The fraction of sp³-hybridized carbons (Fsp3) is 0.857. The first-order valence-electron chi connectivity index (χ1n) is 7.39. The Morgan fingerprint density at radius 2 is 2.05 bits per heavy atom. The van der Waals surface area contributed by atoms with Crippen LogP contribution in [0.15, 0.2) is 0 Å². The molecule has 2 saturated heterocycles. The van der Waals surface area contributed by atoms with E-state index in [1.807, 2.05) is 18.7 Å². The summed E-state index contributed by atoms with van der Waals surface area (Å²) >= 11 is 0. The van der Waals surface area contributed by atoms with Crippen molar-refractivity contribution in [1.29, 1.82) is 0 Å². The average Bonchev–Trinajstić information content (AvgIpc) is 2.86. The maximum Gasteiger partial charge on any atom is 0.242 e. The monoisotopic (exact) mass is 267 g/mol. The molecule has 5 nitrogen and oxygen atoms in total. The highest BCUT2D eigenvalue weighted by Crippen LogP contribution is 2.25. The Bertz CT molecular complexity index is 343. The molecule has 19 heavy (non-hydrogen) atoms. The standard InChI is InChI=1S/C14H25N3O2/c1-3-15-12(18)11-5-9-17(10-6-11)13(19)14(2)7-4-8-16-14/h11,16H,3-10H2,1-2H3,(H,15,18). The van der Waals surface area contributed by atoms with Gasteiger partial charge in [-0.3, -0.25) is 9.59 Å². The number of amides is 2. The number of hydrogen-bond acceptors (Lipinski definition) is 3. The van der Waals surface area contributed by atoms with Crippen molar-refractivity contribution in [2.24, 2.45) is 5.92 Å². The molecular formula is C14H25N3O2. The van der Waals surface area contributed by atoms with Crippen LogP contribution in [0.4, 0.5) is 0 Å². The molecule has 0 radical (unpaired) electrons. The van der Waals surface area contributed by atoms with Gasteiger partial charge in [-0.2, -0.15) is 0 Å². The molecule has 1 atom stereocenters. The summed E-state index contributed by atoms with van der Waals surface area (Å²) in [5.41, 5.74) is -0.376. The predicted octanol–water partition coefficient (Wildman–Crippen LogP) is 0.503. The van der Waals surface area contributed by atoms with E-state index < -0.39 is 0 Å². The highest BCUT2D eigenvalue weighted by Gasteiger charge is 2.40. The van der Waals surface area contributed by atoms with Gasteiger partial charge in [-0.05, 0) is 46.1 Å². The van der Waals surface area contributed by atoms with E-state index in [-0.39, 0.29) is 23.3 Å². The fourth-order valence-corrected chi connectivity index (χ4v) is 3.09. The van der Waals surface area contributed by atoms with Gasteiger partial charge in [0.05, 0.1) is 5.54 Å². The van der Waals surface area contributed by atoms with Gasteiger partial charge < -0.3 is 15.5 Å². The molecule has 2 amide bonds. The Morgan fingerprint density at radius 1 is 1.37 bits per heavy atom. The quantitative estimate of drug-likeness (QED) is 0.783. The van der Waals surface area contributed by atoms with Crippen molar-refractivity contribution in [1.82, 2.24) is 15.5 Å². The van der Waals surface area contributed by atoms with E-state index in [0.29, 0.717) is 19.6 Å². The molecule has 2 N–H and O–H groups in total. The first kappa shape index (κ1) is 14.3. The molecular weight excluding hydrogens is 242 g/mol. The molecule has 0 saturated carbocycles. The third-order valence-electron chi connectivity index (χ3n) is 4.34. The van der Waals surface area contributed by atoms with Gasteiger partial charge in [0.2, 0.25) is 11.8 Å². The van der Waals surface area contributed by atoms with Crippen molar-refractivity contribution in [2.75, 3.05) is 26.2 Å². The van der Waals surface area contributed by atoms with Crippen LogP contribution < -0.4 is 10.6 Å². The molecule has 0 aliphatic carbocycles. The zero-order valence-corrected chi connectivity index (χ0v) is 12.0. The van der Waals surface area contributed by atoms with E-state index >= 15 is 0 Å². The molecule has 2 aliphatic heterocycles. The number of likely N-dealkylation sites (tertiary alicyclic amines) is 1.